The molecule has 0 radical (unpaired) electrons. The van der Waals surface area contributed by atoms with Crippen molar-refractivity contribution in [2.45, 2.75) is 103 Å². The Labute approximate surface area is 196 Å². The number of aliphatic hydroxyl groups excluding tert-OH is 3. The molecular weight excluding hydrogens is 432 g/mol. The van der Waals surface area contributed by atoms with Crippen molar-refractivity contribution in [3.05, 3.63) is 0 Å². The first-order valence-corrected chi connectivity index (χ1v) is 12.2. The zero-order valence-corrected chi connectivity index (χ0v) is 19.8. The van der Waals surface area contributed by atoms with Crippen LogP contribution < -0.4 is 0 Å². The van der Waals surface area contributed by atoms with Crippen LogP contribution in [0.2, 0.25) is 0 Å². The zero-order valence-electron chi connectivity index (χ0n) is 19.8. The summed E-state index contributed by atoms with van der Waals surface area (Å²) >= 11 is 0. The molecule has 0 heterocycles. The average Bonchev–Trinajstić information content (AvgIpc) is 2.75. The highest BCUT2D eigenvalue weighted by Crippen LogP contribution is 2.53. The van der Waals surface area contributed by atoms with Crippen LogP contribution in [0.4, 0.5) is 0 Å². The van der Waals surface area contributed by atoms with Gasteiger partial charge in [0.2, 0.25) is 0 Å². The second-order valence-electron chi connectivity index (χ2n) is 9.21. The number of hydrogen-bond acceptors (Lipinski definition) is 6. The van der Waals surface area contributed by atoms with Crippen LogP contribution in [0.25, 0.3) is 0 Å². The second-order valence-corrected chi connectivity index (χ2v) is 9.21. The maximum Gasteiger partial charge on any atom is 0.303 e. The molecule has 0 atom stereocenters. The van der Waals surface area contributed by atoms with Crippen LogP contribution in [-0.2, 0) is 14.4 Å². The highest BCUT2D eigenvalue weighted by atomic mass is 16.4. The molecule has 9 nitrogen and oxygen atoms in total. The average molecular weight is 477 g/mol. The molecule has 0 rings (SSSR count). The molecule has 0 amide bonds. The number of carboxylic acids is 3. The van der Waals surface area contributed by atoms with Crippen molar-refractivity contribution >= 4 is 17.9 Å². The maximum absolute atomic E-state index is 10.8. The molecule has 33 heavy (non-hydrogen) atoms. The van der Waals surface area contributed by atoms with Gasteiger partial charge in [-0.2, -0.15) is 0 Å². The molecule has 194 valence electrons. The second kappa shape index (κ2) is 17.7. The fraction of sp³-hybridized carbons (Fsp3) is 0.875. The van der Waals surface area contributed by atoms with E-state index in [9.17, 15) is 29.7 Å². The SMILES string of the molecule is O=C(O)CCCCCC(CCCCCC(=O)O)(CCCCCC(=O)O)C(CO)(CO)CCO. The van der Waals surface area contributed by atoms with E-state index in [1.165, 1.54) is 0 Å². The van der Waals surface area contributed by atoms with E-state index >= 15 is 0 Å². The summed E-state index contributed by atoms with van der Waals surface area (Å²) in [5, 5.41) is 57.1. The Morgan fingerprint density at radius 2 is 0.788 bits per heavy atom. The summed E-state index contributed by atoms with van der Waals surface area (Å²) in [5.41, 5.74) is -1.44. The van der Waals surface area contributed by atoms with Crippen molar-refractivity contribution in [2.75, 3.05) is 19.8 Å². The van der Waals surface area contributed by atoms with Gasteiger partial charge in [-0.1, -0.05) is 38.5 Å². The number of carboxylic acid groups (broad SMARTS) is 3. The predicted molar refractivity (Wildman–Crippen MR) is 123 cm³/mol. The van der Waals surface area contributed by atoms with Gasteiger partial charge in [-0.15, -0.1) is 0 Å². The molecule has 0 aromatic rings. The largest absolute Gasteiger partial charge is 0.481 e. The third kappa shape index (κ3) is 12.4. The van der Waals surface area contributed by atoms with Gasteiger partial charge in [0, 0.05) is 31.3 Å². The standard InChI is InChI=1S/C24H44O9/c25-17-16-24(18-26,19-27)23(13-7-1-4-10-20(28)29,14-8-2-5-11-21(30)31)15-9-3-6-12-22(32)33/h25-27H,1-19H2,(H,28,29)(H,30,31)(H,32,33). The van der Waals surface area contributed by atoms with Crippen molar-refractivity contribution in [1.82, 2.24) is 0 Å². The van der Waals surface area contributed by atoms with Crippen molar-refractivity contribution < 1.29 is 45.0 Å². The van der Waals surface area contributed by atoms with E-state index in [0.29, 0.717) is 77.0 Å². The molecule has 0 saturated carbocycles. The first kappa shape index (κ1) is 31.3. The number of aliphatic hydroxyl groups is 3. The molecular formula is C24H44O9. The monoisotopic (exact) mass is 476 g/mol. The van der Waals surface area contributed by atoms with Crippen LogP contribution >= 0.6 is 0 Å². The van der Waals surface area contributed by atoms with Gasteiger partial charge in [0.05, 0.1) is 13.2 Å². The normalized spacial score (nSPS) is 12.1. The Kier molecular flexibility index (Phi) is 16.8. The van der Waals surface area contributed by atoms with Gasteiger partial charge in [0.15, 0.2) is 0 Å². The summed E-state index contributed by atoms with van der Waals surface area (Å²) in [4.78, 5) is 32.5. The first-order valence-electron chi connectivity index (χ1n) is 12.2. The molecule has 0 unspecified atom stereocenters. The molecule has 0 bridgehead atoms. The molecule has 0 aliphatic heterocycles. The van der Waals surface area contributed by atoms with Crippen LogP contribution in [0.15, 0.2) is 0 Å². The van der Waals surface area contributed by atoms with Gasteiger partial charge < -0.3 is 30.6 Å². The quantitative estimate of drug-likeness (QED) is 0.121. The van der Waals surface area contributed by atoms with Crippen molar-refractivity contribution in [2.24, 2.45) is 10.8 Å². The maximum atomic E-state index is 10.8. The van der Waals surface area contributed by atoms with Gasteiger partial charge in [-0.3, -0.25) is 14.4 Å². The molecule has 0 spiro atoms. The fourth-order valence-electron chi connectivity index (χ4n) is 4.94. The highest BCUT2D eigenvalue weighted by Gasteiger charge is 2.48. The minimum Gasteiger partial charge on any atom is -0.481 e. The zero-order chi connectivity index (χ0) is 25.2. The van der Waals surface area contributed by atoms with E-state index < -0.39 is 28.7 Å². The summed E-state index contributed by atoms with van der Waals surface area (Å²) in [6.45, 7) is -0.799. The molecule has 0 aromatic heterocycles. The topological polar surface area (TPSA) is 173 Å². The van der Waals surface area contributed by atoms with E-state index in [1.807, 2.05) is 0 Å². The molecule has 0 aromatic carbocycles. The molecule has 0 saturated heterocycles. The number of unbranched alkanes of at least 4 members (excludes halogenated alkanes) is 6. The van der Waals surface area contributed by atoms with E-state index in [1.54, 1.807) is 0 Å². The van der Waals surface area contributed by atoms with Crippen LogP contribution in [0.5, 0.6) is 0 Å². The Morgan fingerprint density at radius 1 is 0.455 bits per heavy atom. The summed E-state index contributed by atoms with van der Waals surface area (Å²) < 4.78 is 0. The highest BCUT2D eigenvalue weighted by molar-refractivity contribution is 5.67. The van der Waals surface area contributed by atoms with Crippen molar-refractivity contribution in [3.63, 3.8) is 0 Å². The number of aliphatic carboxylic acids is 3. The lowest BCUT2D eigenvalue weighted by Crippen LogP contribution is -2.48. The number of carbonyl (C=O) groups is 3. The smallest absolute Gasteiger partial charge is 0.303 e. The Bertz CT molecular complexity index is 498. The van der Waals surface area contributed by atoms with E-state index in [4.69, 9.17) is 15.3 Å². The van der Waals surface area contributed by atoms with Crippen LogP contribution in [0, 0.1) is 10.8 Å². The van der Waals surface area contributed by atoms with Gasteiger partial charge in [-0.05, 0) is 50.4 Å². The minimum atomic E-state index is -0.922. The number of hydrogen-bond donors (Lipinski definition) is 6. The Morgan fingerprint density at radius 3 is 1.03 bits per heavy atom. The van der Waals surface area contributed by atoms with Crippen LogP contribution in [0.3, 0.4) is 0 Å². The molecule has 0 aliphatic carbocycles. The summed E-state index contributed by atoms with van der Waals surface area (Å²) in [6.07, 6.45) is 8.23. The summed E-state index contributed by atoms with van der Waals surface area (Å²) in [7, 11) is 0. The predicted octanol–water partition coefficient (Wildman–Crippen LogP) is 3.43. The van der Waals surface area contributed by atoms with Gasteiger partial charge >= 0.3 is 17.9 Å². The lowest BCUT2D eigenvalue weighted by atomic mass is 9.55. The molecule has 0 fully saturated rings. The lowest BCUT2D eigenvalue weighted by Gasteiger charge is -2.50. The molecule has 0 aliphatic rings. The number of rotatable bonds is 23. The van der Waals surface area contributed by atoms with E-state index in [-0.39, 0.29) is 45.5 Å². The fourth-order valence-corrected chi connectivity index (χ4v) is 4.94. The van der Waals surface area contributed by atoms with Crippen LogP contribution in [0.1, 0.15) is 103 Å². The molecule has 6 N–H and O–H groups in total. The van der Waals surface area contributed by atoms with E-state index in [0.717, 1.165) is 0 Å². The summed E-state index contributed by atoms with van der Waals surface area (Å²) in [5.74, 6) is -2.55. The van der Waals surface area contributed by atoms with Crippen molar-refractivity contribution in [1.29, 1.82) is 0 Å². The first-order chi connectivity index (χ1) is 15.7. The van der Waals surface area contributed by atoms with E-state index in [2.05, 4.69) is 0 Å². The van der Waals surface area contributed by atoms with Crippen LogP contribution in [-0.4, -0.2) is 68.4 Å². The Balaban J connectivity index is 5.54. The summed E-state index contributed by atoms with van der Waals surface area (Å²) in [6, 6.07) is 0. The third-order valence-electron chi connectivity index (χ3n) is 6.96. The van der Waals surface area contributed by atoms with Gasteiger partial charge in [0.25, 0.3) is 0 Å². The third-order valence-corrected chi connectivity index (χ3v) is 6.96. The Hall–Kier alpha value is -1.71. The lowest BCUT2D eigenvalue weighted by molar-refractivity contribution is -0.138. The molecule has 9 heteroatoms. The van der Waals surface area contributed by atoms with Gasteiger partial charge in [-0.25, -0.2) is 0 Å². The minimum absolute atomic E-state index is 0.0825. The van der Waals surface area contributed by atoms with Gasteiger partial charge in [0.1, 0.15) is 0 Å². The van der Waals surface area contributed by atoms with Crippen molar-refractivity contribution in [3.8, 4) is 0 Å².